The molecular formula is C10H11N5S2. The molecule has 0 amide bonds. The van der Waals surface area contributed by atoms with Crippen molar-refractivity contribution in [3.8, 4) is 10.6 Å². The van der Waals surface area contributed by atoms with E-state index in [0.717, 1.165) is 32.8 Å². The Kier molecular flexibility index (Phi) is 2.37. The summed E-state index contributed by atoms with van der Waals surface area (Å²) in [5.41, 5.74) is 7.03. The predicted octanol–water partition coefficient (Wildman–Crippen LogP) is 2.37. The lowest BCUT2D eigenvalue weighted by Gasteiger charge is -1.90. The fourth-order valence-electron chi connectivity index (χ4n) is 1.62. The first-order chi connectivity index (χ1) is 8.19. The Labute approximate surface area is 106 Å². The summed E-state index contributed by atoms with van der Waals surface area (Å²) >= 11 is 3.14. The average Bonchev–Trinajstić information content (AvgIpc) is 2.95. The highest BCUT2D eigenvalue weighted by Crippen LogP contribution is 2.36. The van der Waals surface area contributed by atoms with Crippen LogP contribution in [0.1, 0.15) is 17.6 Å². The van der Waals surface area contributed by atoms with Crippen molar-refractivity contribution < 1.29 is 0 Å². The summed E-state index contributed by atoms with van der Waals surface area (Å²) in [6, 6.07) is 2.11. The van der Waals surface area contributed by atoms with Crippen molar-refractivity contribution in [3.63, 3.8) is 0 Å². The molecule has 0 aliphatic rings. The standard InChI is InChI=1S/C10H11N5S2/c1-3-6-4-7(8(11)16-6)9-14-15-5(2)12-13-10(15)17-9/h4H,3,11H2,1-2H3. The molecule has 3 heterocycles. The van der Waals surface area contributed by atoms with Crippen LogP contribution in [0.15, 0.2) is 6.07 Å². The Bertz CT molecular complexity index is 678. The van der Waals surface area contributed by atoms with Gasteiger partial charge in [-0.05, 0) is 19.4 Å². The highest BCUT2D eigenvalue weighted by Gasteiger charge is 2.14. The first-order valence-corrected chi connectivity index (χ1v) is 6.89. The minimum absolute atomic E-state index is 0.798. The molecule has 3 rings (SSSR count). The van der Waals surface area contributed by atoms with E-state index in [1.807, 2.05) is 6.92 Å². The molecular weight excluding hydrogens is 254 g/mol. The zero-order valence-corrected chi connectivity index (χ0v) is 11.1. The van der Waals surface area contributed by atoms with Crippen LogP contribution in [-0.4, -0.2) is 19.8 Å². The summed E-state index contributed by atoms with van der Waals surface area (Å²) in [4.78, 5) is 2.08. The van der Waals surface area contributed by atoms with Crippen LogP contribution in [0.5, 0.6) is 0 Å². The number of nitrogens with two attached hydrogens (primary N) is 1. The molecule has 17 heavy (non-hydrogen) atoms. The topological polar surface area (TPSA) is 69.1 Å². The monoisotopic (exact) mass is 265 g/mol. The van der Waals surface area contributed by atoms with Gasteiger partial charge in [0, 0.05) is 10.4 Å². The quantitative estimate of drug-likeness (QED) is 0.772. The summed E-state index contributed by atoms with van der Waals surface area (Å²) in [6.07, 6.45) is 0.998. The molecule has 88 valence electrons. The number of aromatic nitrogens is 4. The van der Waals surface area contributed by atoms with Gasteiger partial charge in [-0.2, -0.15) is 9.61 Å². The Morgan fingerprint density at radius 2 is 2.18 bits per heavy atom. The third-order valence-electron chi connectivity index (χ3n) is 2.54. The van der Waals surface area contributed by atoms with Gasteiger partial charge in [-0.25, -0.2) is 0 Å². The third kappa shape index (κ3) is 1.62. The van der Waals surface area contributed by atoms with Gasteiger partial charge in [0.05, 0.1) is 5.00 Å². The van der Waals surface area contributed by atoms with Crippen LogP contribution >= 0.6 is 22.7 Å². The number of hydrogen-bond donors (Lipinski definition) is 1. The van der Waals surface area contributed by atoms with Crippen LogP contribution in [0.3, 0.4) is 0 Å². The maximum absolute atomic E-state index is 6.02. The number of aryl methyl sites for hydroxylation is 2. The van der Waals surface area contributed by atoms with Crippen LogP contribution < -0.4 is 5.73 Å². The van der Waals surface area contributed by atoms with E-state index in [0.29, 0.717) is 0 Å². The first kappa shape index (κ1) is 10.7. The van der Waals surface area contributed by atoms with Gasteiger partial charge >= 0.3 is 0 Å². The second-order valence-corrected chi connectivity index (χ2v) is 5.82. The van der Waals surface area contributed by atoms with E-state index in [1.54, 1.807) is 15.9 Å². The number of nitrogen functional groups attached to an aromatic ring is 1. The molecule has 7 heteroatoms. The lowest BCUT2D eigenvalue weighted by Crippen LogP contribution is -1.89. The number of thiophene rings is 1. The molecule has 0 unspecified atom stereocenters. The molecule has 0 saturated carbocycles. The molecule has 3 aromatic rings. The van der Waals surface area contributed by atoms with Gasteiger partial charge in [-0.3, -0.25) is 0 Å². The molecule has 0 atom stereocenters. The van der Waals surface area contributed by atoms with E-state index in [9.17, 15) is 0 Å². The van der Waals surface area contributed by atoms with E-state index in [4.69, 9.17) is 5.73 Å². The van der Waals surface area contributed by atoms with Crippen molar-refractivity contribution in [2.45, 2.75) is 20.3 Å². The Morgan fingerprint density at radius 1 is 1.35 bits per heavy atom. The van der Waals surface area contributed by atoms with E-state index < -0.39 is 0 Å². The van der Waals surface area contributed by atoms with Crippen molar-refractivity contribution in [2.24, 2.45) is 0 Å². The van der Waals surface area contributed by atoms with E-state index in [1.165, 1.54) is 16.2 Å². The molecule has 0 aliphatic heterocycles. The van der Waals surface area contributed by atoms with Gasteiger partial charge in [0.2, 0.25) is 4.96 Å². The summed E-state index contributed by atoms with van der Waals surface area (Å²) in [7, 11) is 0. The molecule has 3 aromatic heterocycles. The lowest BCUT2D eigenvalue weighted by molar-refractivity contribution is 0.898. The number of anilines is 1. The molecule has 0 aliphatic carbocycles. The van der Waals surface area contributed by atoms with Gasteiger partial charge in [0.1, 0.15) is 0 Å². The third-order valence-corrected chi connectivity index (χ3v) is 4.58. The van der Waals surface area contributed by atoms with Gasteiger partial charge < -0.3 is 5.73 Å². The molecule has 0 radical (unpaired) electrons. The second-order valence-electron chi connectivity index (χ2n) is 3.69. The summed E-state index contributed by atoms with van der Waals surface area (Å²) in [5, 5.41) is 14.2. The number of hydrogen-bond acceptors (Lipinski definition) is 6. The number of rotatable bonds is 2. The lowest BCUT2D eigenvalue weighted by atomic mass is 10.3. The van der Waals surface area contributed by atoms with E-state index in [2.05, 4.69) is 28.3 Å². The van der Waals surface area contributed by atoms with Crippen LogP contribution in [0.25, 0.3) is 15.5 Å². The molecule has 0 fully saturated rings. The van der Waals surface area contributed by atoms with Gasteiger partial charge in [-0.1, -0.05) is 18.3 Å². The Balaban J connectivity index is 2.16. The molecule has 0 spiro atoms. The van der Waals surface area contributed by atoms with Crippen molar-refractivity contribution in [1.82, 2.24) is 19.8 Å². The van der Waals surface area contributed by atoms with Gasteiger partial charge in [0.15, 0.2) is 10.8 Å². The van der Waals surface area contributed by atoms with Crippen molar-refractivity contribution in [3.05, 3.63) is 16.8 Å². The number of nitrogens with zero attached hydrogens (tertiary/aromatic N) is 4. The number of fused-ring (bicyclic) bond motifs is 1. The molecule has 0 saturated heterocycles. The van der Waals surface area contributed by atoms with Gasteiger partial charge in [0.25, 0.3) is 0 Å². The first-order valence-electron chi connectivity index (χ1n) is 5.26. The van der Waals surface area contributed by atoms with Gasteiger partial charge in [-0.15, -0.1) is 21.5 Å². The van der Waals surface area contributed by atoms with Crippen LogP contribution in [0, 0.1) is 6.92 Å². The second kappa shape index (κ2) is 3.78. The Morgan fingerprint density at radius 3 is 2.82 bits per heavy atom. The van der Waals surface area contributed by atoms with Crippen molar-refractivity contribution in [1.29, 1.82) is 0 Å². The van der Waals surface area contributed by atoms with E-state index >= 15 is 0 Å². The summed E-state index contributed by atoms with van der Waals surface area (Å²) in [6.45, 7) is 4.01. The van der Waals surface area contributed by atoms with Crippen LogP contribution in [0.2, 0.25) is 0 Å². The normalized spacial score (nSPS) is 11.4. The summed E-state index contributed by atoms with van der Waals surface area (Å²) in [5.74, 6) is 0.798. The largest absolute Gasteiger partial charge is 0.390 e. The molecule has 0 bridgehead atoms. The minimum atomic E-state index is 0.798. The maximum Gasteiger partial charge on any atom is 0.234 e. The Hall–Kier alpha value is -1.47. The van der Waals surface area contributed by atoms with Crippen molar-refractivity contribution >= 4 is 32.6 Å². The molecule has 0 aromatic carbocycles. The van der Waals surface area contributed by atoms with Crippen LogP contribution in [-0.2, 0) is 6.42 Å². The zero-order valence-electron chi connectivity index (χ0n) is 9.47. The fourth-order valence-corrected chi connectivity index (χ4v) is 3.47. The maximum atomic E-state index is 6.02. The predicted molar refractivity (Wildman–Crippen MR) is 70.5 cm³/mol. The fraction of sp³-hybridized carbons (Fsp3) is 0.300. The SMILES string of the molecule is CCc1cc(-c2nn3c(C)nnc3s2)c(N)s1. The van der Waals surface area contributed by atoms with E-state index in [-0.39, 0.29) is 0 Å². The smallest absolute Gasteiger partial charge is 0.234 e. The summed E-state index contributed by atoms with van der Waals surface area (Å²) < 4.78 is 1.75. The molecule has 2 N–H and O–H groups in total. The highest BCUT2D eigenvalue weighted by atomic mass is 32.1. The average molecular weight is 265 g/mol. The highest BCUT2D eigenvalue weighted by molar-refractivity contribution is 7.21. The molecule has 5 nitrogen and oxygen atoms in total. The van der Waals surface area contributed by atoms with Crippen LogP contribution in [0.4, 0.5) is 5.00 Å². The minimum Gasteiger partial charge on any atom is -0.390 e. The van der Waals surface area contributed by atoms with Crippen molar-refractivity contribution in [2.75, 3.05) is 5.73 Å². The zero-order chi connectivity index (χ0) is 12.0.